The fourth-order valence-electron chi connectivity index (χ4n) is 4.07. The van der Waals surface area contributed by atoms with E-state index in [0.29, 0.717) is 31.7 Å². The maximum atomic E-state index is 13.2. The van der Waals surface area contributed by atoms with Gasteiger partial charge in [-0.3, -0.25) is 19.3 Å². The van der Waals surface area contributed by atoms with E-state index in [0.717, 1.165) is 25.9 Å². The summed E-state index contributed by atoms with van der Waals surface area (Å²) in [5, 5.41) is 2.62. The Balaban J connectivity index is 1.39. The van der Waals surface area contributed by atoms with Crippen LogP contribution in [0.25, 0.3) is 0 Å². The Morgan fingerprint density at radius 1 is 1.00 bits per heavy atom. The van der Waals surface area contributed by atoms with Gasteiger partial charge in [0.2, 0.25) is 17.7 Å². The SMILES string of the molecule is CC(C(=O)N1CCCCC1)N1CCN(C(=O)CNC(=O)Cc2cccc(F)c2)CC1. The van der Waals surface area contributed by atoms with E-state index in [1.165, 1.54) is 18.6 Å². The zero-order valence-corrected chi connectivity index (χ0v) is 17.6. The molecule has 7 nitrogen and oxygen atoms in total. The van der Waals surface area contributed by atoms with Crippen molar-refractivity contribution in [1.29, 1.82) is 0 Å². The van der Waals surface area contributed by atoms with Crippen LogP contribution in [0.4, 0.5) is 4.39 Å². The van der Waals surface area contributed by atoms with E-state index in [4.69, 9.17) is 0 Å². The first-order valence-electron chi connectivity index (χ1n) is 10.8. The number of carbonyl (C=O) groups excluding carboxylic acids is 3. The number of amides is 3. The van der Waals surface area contributed by atoms with Gasteiger partial charge in [0.1, 0.15) is 5.82 Å². The molecule has 0 spiro atoms. The fraction of sp³-hybridized carbons (Fsp3) is 0.591. The molecule has 2 aliphatic heterocycles. The molecule has 0 bridgehead atoms. The average molecular weight is 419 g/mol. The van der Waals surface area contributed by atoms with Crippen LogP contribution >= 0.6 is 0 Å². The average Bonchev–Trinajstić information content (AvgIpc) is 2.77. The van der Waals surface area contributed by atoms with Gasteiger partial charge in [0, 0.05) is 39.3 Å². The summed E-state index contributed by atoms with van der Waals surface area (Å²) in [6.45, 7) is 5.92. The molecule has 0 saturated carbocycles. The van der Waals surface area contributed by atoms with Crippen molar-refractivity contribution in [1.82, 2.24) is 20.0 Å². The van der Waals surface area contributed by atoms with Crippen molar-refractivity contribution in [2.24, 2.45) is 0 Å². The molecule has 0 radical (unpaired) electrons. The lowest BCUT2D eigenvalue weighted by Crippen LogP contribution is -2.56. The van der Waals surface area contributed by atoms with Gasteiger partial charge in [-0.1, -0.05) is 12.1 Å². The number of hydrogen-bond donors (Lipinski definition) is 1. The molecule has 1 aromatic carbocycles. The molecule has 30 heavy (non-hydrogen) atoms. The van der Waals surface area contributed by atoms with E-state index in [1.54, 1.807) is 17.0 Å². The Labute approximate surface area is 177 Å². The number of nitrogens with one attached hydrogen (secondary N) is 1. The molecule has 2 fully saturated rings. The number of benzene rings is 1. The minimum Gasteiger partial charge on any atom is -0.347 e. The van der Waals surface area contributed by atoms with E-state index in [-0.39, 0.29) is 42.5 Å². The number of carbonyl (C=O) groups is 3. The van der Waals surface area contributed by atoms with Crippen LogP contribution in [-0.4, -0.2) is 84.3 Å². The van der Waals surface area contributed by atoms with Crippen molar-refractivity contribution in [2.75, 3.05) is 45.8 Å². The summed E-state index contributed by atoms with van der Waals surface area (Å²) in [5.74, 6) is -0.660. The highest BCUT2D eigenvalue weighted by Crippen LogP contribution is 2.14. The molecular formula is C22H31FN4O3. The number of halogens is 1. The molecule has 2 heterocycles. The molecule has 2 aliphatic rings. The Bertz CT molecular complexity index is 759. The van der Waals surface area contributed by atoms with Gasteiger partial charge in [-0.15, -0.1) is 0 Å². The van der Waals surface area contributed by atoms with Crippen molar-refractivity contribution in [3.8, 4) is 0 Å². The lowest BCUT2D eigenvalue weighted by molar-refractivity contribution is -0.139. The van der Waals surface area contributed by atoms with Gasteiger partial charge in [-0.2, -0.15) is 0 Å². The van der Waals surface area contributed by atoms with Crippen molar-refractivity contribution in [2.45, 2.75) is 38.6 Å². The first-order chi connectivity index (χ1) is 14.4. The third-order valence-electron chi connectivity index (χ3n) is 5.93. The van der Waals surface area contributed by atoms with Gasteiger partial charge in [-0.05, 0) is 43.9 Å². The molecule has 3 rings (SSSR count). The van der Waals surface area contributed by atoms with Crippen LogP contribution in [0.15, 0.2) is 24.3 Å². The van der Waals surface area contributed by atoms with E-state index in [2.05, 4.69) is 10.2 Å². The fourth-order valence-corrected chi connectivity index (χ4v) is 4.07. The summed E-state index contributed by atoms with van der Waals surface area (Å²) in [4.78, 5) is 42.9. The summed E-state index contributed by atoms with van der Waals surface area (Å²) >= 11 is 0. The highest BCUT2D eigenvalue weighted by atomic mass is 19.1. The van der Waals surface area contributed by atoms with Crippen molar-refractivity contribution < 1.29 is 18.8 Å². The number of hydrogen-bond acceptors (Lipinski definition) is 4. The molecule has 2 saturated heterocycles. The van der Waals surface area contributed by atoms with Crippen molar-refractivity contribution in [3.05, 3.63) is 35.6 Å². The highest BCUT2D eigenvalue weighted by Gasteiger charge is 2.30. The van der Waals surface area contributed by atoms with Crippen LogP contribution in [0.5, 0.6) is 0 Å². The van der Waals surface area contributed by atoms with Crippen LogP contribution in [0, 0.1) is 5.82 Å². The number of likely N-dealkylation sites (tertiary alicyclic amines) is 1. The van der Waals surface area contributed by atoms with Gasteiger partial charge < -0.3 is 15.1 Å². The van der Waals surface area contributed by atoms with Gasteiger partial charge in [0.25, 0.3) is 0 Å². The Morgan fingerprint density at radius 3 is 2.37 bits per heavy atom. The third kappa shape index (κ3) is 6.01. The number of rotatable bonds is 6. The normalized spacial score (nSPS) is 18.7. The largest absolute Gasteiger partial charge is 0.347 e. The molecule has 8 heteroatoms. The minimum absolute atomic E-state index is 0.0367. The van der Waals surface area contributed by atoms with E-state index in [1.807, 2.05) is 11.8 Å². The second-order valence-electron chi connectivity index (χ2n) is 8.06. The summed E-state index contributed by atoms with van der Waals surface area (Å²) in [6, 6.07) is 5.69. The standard InChI is InChI=1S/C22H31FN4O3/c1-17(22(30)27-8-3-2-4-9-27)25-10-12-26(13-11-25)21(29)16-24-20(28)15-18-6-5-7-19(23)14-18/h5-7,14,17H,2-4,8-13,15-16H2,1H3,(H,24,28). The van der Waals surface area contributed by atoms with E-state index < -0.39 is 0 Å². The zero-order valence-electron chi connectivity index (χ0n) is 17.6. The number of nitrogens with zero attached hydrogens (tertiary/aromatic N) is 3. The molecular weight excluding hydrogens is 387 g/mol. The van der Waals surface area contributed by atoms with Crippen LogP contribution in [0.3, 0.4) is 0 Å². The summed E-state index contributed by atoms with van der Waals surface area (Å²) in [6.07, 6.45) is 3.38. The smallest absolute Gasteiger partial charge is 0.242 e. The van der Waals surface area contributed by atoms with Crippen LogP contribution in [0.1, 0.15) is 31.7 Å². The van der Waals surface area contributed by atoms with Crippen LogP contribution in [0.2, 0.25) is 0 Å². The predicted molar refractivity (Wildman–Crippen MR) is 111 cm³/mol. The summed E-state index contributed by atoms with van der Waals surface area (Å²) < 4.78 is 13.2. The van der Waals surface area contributed by atoms with Gasteiger partial charge in [0.15, 0.2) is 0 Å². The maximum Gasteiger partial charge on any atom is 0.242 e. The van der Waals surface area contributed by atoms with E-state index >= 15 is 0 Å². The number of piperidine rings is 1. The third-order valence-corrected chi connectivity index (χ3v) is 5.93. The molecule has 1 atom stereocenters. The quantitative estimate of drug-likeness (QED) is 0.749. The summed E-state index contributed by atoms with van der Waals surface area (Å²) in [7, 11) is 0. The zero-order chi connectivity index (χ0) is 21.5. The molecule has 1 aromatic rings. The van der Waals surface area contributed by atoms with E-state index in [9.17, 15) is 18.8 Å². The molecule has 1 unspecified atom stereocenters. The van der Waals surface area contributed by atoms with Crippen molar-refractivity contribution in [3.63, 3.8) is 0 Å². The second kappa shape index (κ2) is 10.5. The first kappa shape index (κ1) is 22.2. The van der Waals surface area contributed by atoms with Gasteiger partial charge in [-0.25, -0.2) is 4.39 Å². The predicted octanol–water partition coefficient (Wildman–Crippen LogP) is 1.03. The molecule has 3 amide bonds. The second-order valence-corrected chi connectivity index (χ2v) is 8.06. The lowest BCUT2D eigenvalue weighted by Gasteiger charge is -2.39. The Hall–Kier alpha value is -2.48. The van der Waals surface area contributed by atoms with Crippen LogP contribution < -0.4 is 5.32 Å². The van der Waals surface area contributed by atoms with Crippen LogP contribution in [-0.2, 0) is 20.8 Å². The first-order valence-corrected chi connectivity index (χ1v) is 10.8. The Morgan fingerprint density at radius 2 is 1.70 bits per heavy atom. The molecule has 0 aromatic heterocycles. The van der Waals surface area contributed by atoms with Gasteiger partial charge >= 0.3 is 0 Å². The topological polar surface area (TPSA) is 73.0 Å². The summed E-state index contributed by atoms with van der Waals surface area (Å²) in [5.41, 5.74) is 0.570. The molecule has 164 valence electrons. The molecule has 1 N–H and O–H groups in total. The number of piperazine rings is 1. The van der Waals surface area contributed by atoms with Gasteiger partial charge in [0.05, 0.1) is 19.0 Å². The monoisotopic (exact) mass is 418 g/mol. The lowest BCUT2D eigenvalue weighted by atomic mass is 10.1. The van der Waals surface area contributed by atoms with Crippen molar-refractivity contribution >= 4 is 17.7 Å². The molecule has 0 aliphatic carbocycles. The Kier molecular flexibility index (Phi) is 7.79. The maximum absolute atomic E-state index is 13.2. The minimum atomic E-state index is -0.387. The highest BCUT2D eigenvalue weighted by molar-refractivity contribution is 5.86.